The van der Waals surface area contributed by atoms with E-state index >= 15 is 0 Å². The van der Waals surface area contributed by atoms with Crippen LogP contribution in [0, 0.1) is 6.92 Å². The number of ketones is 3. The van der Waals surface area contributed by atoms with Crippen molar-refractivity contribution in [3.8, 4) is 0 Å². The van der Waals surface area contributed by atoms with Gasteiger partial charge in [-0.1, -0.05) is 42.8 Å². The quantitative estimate of drug-likeness (QED) is 0.523. The van der Waals surface area contributed by atoms with E-state index in [0.717, 1.165) is 5.56 Å². The van der Waals surface area contributed by atoms with E-state index < -0.39 is 0 Å². The summed E-state index contributed by atoms with van der Waals surface area (Å²) >= 11 is 0. The molecular formula is C21H15NO3. The van der Waals surface area contributed by atoms with E-state index in [1.165, 1.54) is 0 Å². The van der Waals surface area contributed by atoms with Crippen LogP contribution in [0.5, 0.6) is 0 Å². The molecule has 4 nitrogen and oxygen atoms in total. The van der Waals surface area contributed by atoms with Crippen LogP contribution in [0.25, 0.3) is 10.9 Å². The first kappa shape index (κ1) is 15.4. The molecule has 4 rings (SSSR count). The maximum absolute atomic E-state index is 13.1. The third kappa shape index (κ3) is 2.14. The van der Waals surface area contributed by atoms with Gasteiger partial charge in [0.25, 0.3) is 0 Å². The smallest absolute Gasteiger partial charge is 0.212 e. The summed E-state index contributed by atoms with van der Waals surface area (Å²) in [6, 6.07) is 12.2. The third-order valence-electron chi connectivity index (χ3n) is 4.60. The fourth-order valence-electron chi connectivity index (χ4n) is 3.37. The average molecular weight is 329 g/mol. The minimum Gasteiger partial charge on any atom is -0.294 e. The number of fused-ring (bicyclic) bond motifs is 3. The van der Waals surface area contributed by atoms with E-state index in [4.69, 9.17) is 0 Å². The highest BCUT2D eigenvalue weighted by atomic mass is 16.1. The molecule has 1 aliphatic carbocycles. The lowest BCUT2D eigenvalue weighted by Crippen LogP contribution is -2.25. The highest BCUT2D eigenvalue weighted by Gasteiger charge is 2.35. The number of hydrogen-bond donors (Lipinski definition) is 0. The van der Waals surface area contributed by atoms with Crippen molar-refractivity contribution in [3.63, 3.8) is 0 Å². The lowest BCUT2D eigenvalue weighted by atomic mass is 9.82. The van der Waals surface area contributed by atoms with E-state index in [2.05, 4.69) is 4.98 Å². The van der Waals surface area contributed by atoms with Crippen molar-refractivity contribution in [2.45, 2.75) is 20.3 Å². The van der Waals surface area contributed by atoms with Crippen LogP contribution < -0.4 is 0 Å². The Labute approximate surface area is 144 Å². The number of pyridine rings is 1. The van der Waals surface area contributed by atoms with Gasteiger partial charge in [0.1, 0.15) is 5.69 Å². The molecule has 1 heterocycles. The molecule has 0 fully saturated rings. The first-order chi connectivity index (χ1) is 12.0. The molecule has 0 bridgehead atoms. The SMILES string of the molecule is CCC(=O)c1c2c(nc3ccc(C)cc13)C(=O)c1ccccc1C2=O. The minimum absolute atomic E-state index is 0.0804. The van der Waals surface area contributed by atoms with Crippen molar-refractivity contribution in [1.29, 1.82) is 0 Å². The van der Waals surface area contributed by atoms with Crippen LogP contribution in [-0.4, -0.2) is 22.3 Å². The number of rotatable bonds is 2. The van der Waals surface area contributed by atoms with Crippen LogP contribution in [-0.2, 0) is 0 Å². The number of carbonyl (C=O) groups excluding carboxylic acids is 3. The van der Waals surface area contributed by atoms with Gasteiger partial charge in [0.05, 0.1) is 11.1 Å². The normalized spacial score (nSPS) is 12.9. The van der Waals surface area contributed by atoms with E-state index in [0.29, 0.717) is 27.6 Å². The molecule has 0 saturated carbocycles. The van der Waals surface area contributed by atoms with Gasteiger partial charge in [0, 0.05) is 28.5 Å². The Morgan fingerprint density at radius 3 is 2.36 bits per heavy atom. The van der Waals surface area contributed by atoms with Crippen molar-refractivity contribution in [2.75, 3.05) is 0 Å². The summed E-state index contributed by atoms with van der Waals surface area (Å²) in [4.78, 5) is 43.1. The Bertz CT molecular complexity index is 1100. The van der Waals surface area contributed by atoms with Crippen LogP contribution >= 0.6 is 0 Å². The molecule has 0 spiro atoms. The number of carbonyl (C=O) groups is 3. The number of nitrogens with zero attached hydrogens (tertiary/aromatic N) is 1. The molecule has 25 heavy (non-hydrogen) atoms. The van der Waals surface area contributed by atoms with Gasteiger partial charge in [-0.2, -0.15) is 0 Å². The average Bonchev–Trinajstić information content (AvgIpc) is 2.64. The van der Waals surface area contributed by atoms with Gasteiger partial charge in [-0.25, -0.2) is 4.98 Å². The Hall–Kier alpha value is -3.14. The highest BCUT2D eigenvalue weighted by Crippen LogP contribution is 2.33. The minimum atomic E-state index is -0.308. The second-order valence-corrected chi connectivity index (χ2v) is 6.21. The molecule has 0 aliphatic heterocycles. The van der Waals surface area contributed by atoms with Crippen LogP contribution in [0.3, 0.4) is 0 Å². The molecule has 0 atom stereocenters. The van der Waals surface area contributed by atoms with Crippen LogP contribution in [0.2, 0.25) is 0 Å². The molecule has 0 amide bonds. The second-order valence-electron chi connectivity index (χ2n) is 6.21. The van der Waals surface area contributed by atoms with Gasteiger partial charge in [-0.05, 0) is 19.1 Å². The predicted molar refractivity (Wildman–Crippen MR) is 94.4 cm³/mol. The van der Waals surface area contributed by atoms with Crippen LogP contribution in [0.4, 0.5) is 0 Å². The third-order valence-corrected chi connectivity index (χ3v) is 4.60. The zero-order valence-corrected chi connectivity index (χ0v) is 13.9. The standard InChI is InChI=1S/C21H15NO3/c1-3-16(23)17-14-10-11(2)8-9-15(14)22-19-18(17)20(24)12-6-4-5-7-13(12)21(19)25/h4-10H,3H2,1-2H3. The van der Waals surface area contributed by atoms with E-state index in [1.54, 1.807) is 37.3 Å². The van der Waals surface area contributed by atoms with E-state index in [-0.39, 0.29) is 35.0 Å². The molecule has 0 N–H and O–H groups in total. The first-order valence-corrected chi connectivity index (χ1v) is 8.19. The topological polar surface area (TPSA) is 64.1 Å². The predicted octanol–water partition coefficient (Wildman–Crippen LogP) is 3.91. The molecule has 0 unspecified atom stereocenters. The second kappa shape index (κ2) is 5.45. The van der Waals surface area contributed by atoms with Crippen molar-refractivity contribution in [3.05, 3.63) is 76.0 Å². The molecule has 2 aromatic carbocycles. The molecule has 3 aromatic rings. The molecular weight excluding hydrogens is 314 g/mol. The fourth-order valence-corrected chi connectivity index (χ4v) is 3.37. The van der Waals surface area contributed by atoms with E-state index in [1.807, 2.05) is 19.1 Å². The van der Waals surface area contributed by atoms with Gasteiger partial charge in [-0.3, -0.25) is 14.4 Å². The van der Waals surface area contributed by atoms with Crippen molar-refractivity contribution in [2.24, 2.45) is 0 Å². The maximum atomic E-state index is 13.1. The Morgan fingerprint density at radius 2 is 1.68 bits per heavy atom. The number of Topliss-reactive ketones (excluding diaryl/α,β-unsaturated/α-hetero) is 1. The highest BCUT2D eigenvalue weighted by molar-refractivity contribution is 6.32. The Kier molecular flexibility index (Phi) is 3.35. The van der Waals surface area contributed by atoms with Gasteiger partial charge in [0.2, 0.25) is 5.78 Å². The summed E-state index contributed by atoms with van der Waals surface area (Å²) in [5.74, 6) is -0.773. The fraction of sp³-hybridized carbons (Fsp3) is 0.143. The summed E-state index contributed by atoms with van der Waals surface area (Å²) in [6.45, 7) is 3.67. The van der Waals surface area contributed by atoms with E-state index in [9.17, 15) is 14.4 Å². The van der Waals surface area contributed by atoms with Crippen LogP contribution in [0.15, 0.2) is 42.5 Å². The summed E-state index contributed by atoms with van der Waals surface area (Å²) in [6.07, 6.45) is 0.253. The monoisotopic (exact) mass is 329 g/mol. The Balaban J connectivity index is 2.17. The van der Waals surface area contributed by atoms with Gasteiger partial charge in [0.15, 0.2) is 11.6 Å². The summed E-state index contributed by atoms with van der Waals surface area (Å²) in [7, 11) is 0. The number of benzene rings is 2. The zero-order chi connectivity index (χ0) is 17.7. The summed E-state index contributed by atoms with van der Waals surface area (Å²) in [5.41, 5.74) is 2.74. The van der Waals surface area contributed by atoms with Gasteiger partial charge >= 0.3 is 0 Å². The molecule has 122 valence electrons. The lowest BCUT2D eigenvalue weighted by molar-refractivity contribution is 0.0958. The summed E-state index contributed by atoms with van der Waals surface area (Å²) in [5, 5.41) is 0.631. The van der Waals surface area contributed by atoms with Crippen molar-refractivity contribution in [1.82, 2.24) is 4.98 Å². The van der Waals surface area contributed by atoms with Crippen molar-refractivity contribution < 1.29 is 14.4 Å². The maximum Gasteiger partial charge on any atom is 0.212 e. The lowest BCUT2D eigenvalue weighted by Gasteiger charge is -2.20. The first-order valence-electron chi connectivity index (χ1n) is 8.19. The molecule has 1 aromatic heterocycles. The Morgan fingerprint density at radius 1 is 1.00 bits per heavy atom. The zero-order valence-electron chi connectivity index (χ0n) is 13.9. The molecule has 0 saturated heterocycles. The number of aryl methyl sites for hydroxylation is 1. The van der Waals surface area contributed by atoms with Gasteiger partial charge in [-0.15, -0.1) is 0 Å². The summed E-state index contributed by atoms with van der Waals surface area (Å²) < 4.78 is 0. The largest absolute Gasteiger partial charge is 0.294 e. The van der Waals surface area contributed by atoms with Crippen LogP contribution in [0.1, 0.15) is 61.2 Å². The molecule has 0 radical (unpaired) electrons. The van der Waals surface area contributed by atoms with Crippen molar-refractivity contribution >= 4 is 28.3 Å². The number of aromatic nitrogens is 1. The van der Waals surface area contributed by atoms with Gasteiger partial charge < -0.3 is 0 Å². The molecule has 1 aliphatic rings. The molecule has 4 heteroatoms. The number of hydrogen-bond acceptors (Lipinski definition) is 4.